The molecule has 2 heterocycles. The van der Waals surface area contributed by atoms with Crippen LogP contribution in [-0.2, 0) is 20.0 Å². The summed E-state index contributed by atoms with van der Waals surface area (Å²) in [5.74, 6) is -0.860. The van der Waals surface area contributed by atoms with Gasteiger partial charge < -0.3 is 24.4 Å². The van der Waals surface area contributed by atoms with Crippen LogP contribution in [0.4, 0.5) is 0 Å². The zero-order chi connectivity index (χ0) is 14.9. The van der Waals surface area contributed by atoms with Gasteiger partial charge in [-0.15, -0.1) is 0 Å². The third-order valence-electron chi connectivity index (χ3n) is 4.17. The molecule has 1 aromatic carbocycles. The van der Waals surface area contributed by atoms with E-state index in [2.05, 4.69) is 6.92 Å². The Hall–Kier alpha value is -0.980. The predicted octanol–water partition coefficient (Wildman–Crippen LogP) is 1.52. The minimum absolute atomic E-state index is 0.226. The van der Waals surface area contributed by atoms with Gasteiger partial charge in [-0.2, -0.15) is 0 Å². The smallest absolute Gasteiger partial charge is 0.195 e. The second-order valence-electron chi connectivity index (χ2n) is 5.68. The van der Waals surface area contributed by atoms with E-state index in [1.807, 2.05) is 30.3 Å². The maximum atomic E-state index is 10.1. The zero-order valence-corrected chi connectivity index (χ0v) is 12.1. The van der Waals surface area contributed by atoms with Gasteiger partial charge in [-0.25, -0.2) is 0 Å². The lowest BCUT2D eigenvalue weighted by atomic mass is 10.00. The van der Waals surface area contributed by atoms with Crippen molar-refractivity contribution in [1.29, 1.82) is 0 Å². The Labute approximate surface area is 124 Å². The third kappa shape index (κ3) is 2.72. The molecule has 0 spiro atoms. The topological polar surface area (TPSA) is 68.2 Å². The van der Waals surface area contributed by atoms with Crippen molar-refractivity contribution >= 4 is 0 Å². The molecule has 2 N–H and O–H groups in total. The highest BCUT2D eigenvalue weighted by molar-refractivity contribution is 5.22. The summed E-state index contributed by atoms with van der Waals surface area (Å²) in [6.45, 7) is 2.34. The van der Waals surface area contributed by atoms with Crippen molar-refractivity contribution in [2.75, 3.05) is 6.61 Å². The summed E-state index contributed by atoms with van der Waals surface area (Å²) in [5, 5.41) is 19.7. The van der Waals surface area contributed by atoms with Crippen molar-refractivity contribution in [3.63, 3.8) is 0 Å². The lowest BCUT2D eigenvalue weighted by molar-refractivity contribution is -0.231. The fourth-order valence-electron chi connectivity index (χ4n) is 3.01. The highest BCUT2D eigenvalue weighted by Crippen LogP contribution is 2.44. The summed E-state index contributed by atoms with van der Waals surface area (Å²) >= 11 is 0. The molecule has 0 radical (unpaired) electrons. The Balaban J connectivity index is 1.88. The van der Waals surface area contributed by atoms with Crippen LogP contribution in [0, 0.1) is 0 Å². The second-order valence-corrected chi connectivity index (χ2v) is 5.68. The van der Waals surface area contributed by atoms with Gasteiger partial charge in [0, 0.05) is 12.0 Å². The molecule has 5 atom stereocenters. The number of ether oxygens (including phenoxy) is 3. The molecule has 0 bridgehead atoms. The van der Waals surface area contributed by atoms with Gasteiger partial charge in [-0.1, -0.05) is 43.7 Å². The van der Waals surface area contributed by atoms with Crippen LogP contribution in [0.3, 0.4) is 0 Å². The van der Waals surface area contributed by atoms with E-state index in [1.165, 1.54) is 0 Å². The monoisotopic (exact) mass is 294 g/mol. The highest BCUT2D eigenvalue weighted by Gasteiger charge is 2.54. The number of fused-ring (bicyclic) bond motifs is 1. The van der Waals surface area contributed by atoms with E-state index in [-0.39, 0.29) is 12.7 Å². The molecular weight excluding hydrogens is 272 g/mol. The maximum Gasteiger partial charge on any atom is 0.195 e. The molecule has 2 saturated heterocycles. The summed E-state index contributed by atoms with van der Waals surface area (Å²) in [5.41, 5.74) is 0.939. The van der Waals surface area contributed by atoms with Crippen LogP contribution in [0.15, 0.2) is 30.3 Å². The third-order valence-corrected chi connectivity index (χ3v) is 4.17. The summed E-state index contributed by atoms with van der Waals surface area (Å²) in [6.07, 6.45) is -0.537. The molecule has 2 aliphatic heterocycles. The van der Waals surface area contributed by atoms with Crippen LogP contribution in [0.5, 0.6) is 0 Å². The standard InChI is InChI=1S/C16H22O5/c1-2-3-9-16(11-7-5-4-6-8-11)20-12-10-19-15(18)13(17)14(12)21-16/h4-8,12-15,17-18H,2-3,9-10H2,1H3. The molecule has 0 saturated carbocycles. The Morgan fingerprint density at radius 1 is 1.19 bits per heavy atom. The summed E-state index contributed by atoms with van der Waals surface area (Å²) in [7, 11) is 0. The van der Waals surface area contributed by atoms with E-state index in [1.54, 1.807) is 0 Å². The van der Waals surface area contributed by atoms with E-state index in [0.29, 0.717) is 6.42 Å². The number of aliphatic hydroxyl groups excluding tert-OH is 2. The van der Waals surface area contributed by atoms with E-state index in [9.17, 15) is 10.2 Å². The summed E-state index contributed by atoms with van der Waals surface area (Å²) in [4.78, 5) is 0. The van der Waals surface area contributed by atoms with Crippen LogP contribution in [0.1, 0.15) is 31.7 Å². The minimum Gasteiger partial charge on any atom is -0.385 e. The largest absolute Gasteiger partial charge is 0.385 e. The molecule has 21 heavy (non-hydrogen) atoms. The van der Waals surface area contributed by atoms with Gasteiger partial charge in [-0.3, -0.25) is 0 Å². The quantitative estimate of drug-likeness (QED) is 0.881. The number of hydrogen-bond acceptors (Lipinski definition) is 5. The van der Waals surface area contributed by atoms with Crippen molar-refractivity contribution < 1.29 is 24.4 Å². The van der Waals surface area contributed by atoms with Gasteiger partial charge in [0.05, 0.1) is 6.61 Å². The van der Waals surface area contributed by atoms with Crippen LogP contribution in [-0.4, -0.2) is 41.4 Å². The van der Waals surface area contributed by atoms with Gasteiger partial charge in [0.15, 0.2) is 12.1 Å². The lowest BCUT2D eigenvalue weighted by Crippen LogP contribution is -2.51. The highest BCUT2D eigenvalue weighted by atomic mass is 16.8. The molecule has 0 aliphatic carbocycles. The minimum atomic E-state index is -1.22. The van der Waals surface area contributed by atoms with Gasteiger partial charge in [-0.05, 0) is 6.42 Å². The fraction of sp³-hybridized carbons (Fsp3) is 0.625. The Kier molecular flexibility index (Phi) is 4.28. The summed E-state index contributed by atoms with van der Waals surface area (Å²) < 4.78 is 17.4. The van der Waals surface area contributed by atoms with Crippen LogP contribution in [0.25, 0.3) is 0 Å². The van der Waals surface area contributed by atoms with Crippen molar-refractivity contribution in [2.24, 2.45) is 0 Å². The van der Waals surface area contributed by atoms with E-state index >= 15 is 0 Å². The fourth-order valence-corrected chi connectivity index (χ4v) is 3.01. The van der Waals surface area contributed by atoms with Crippen molar-refractivity contribution in [1.82, 2.24) is 0 Å². The van der Waals surface area contributed by atoms with E-state index in [0.717, 1.165) is 18.4 Å². The van der Waals surface area contributed by atoms with E-state index < -0.39 is 24.3 Å². The van der Waals surface area contributed by atoms with Crippen LogP contribution < -0.4 is 0 Å². The molecule has 2 aliphatic rings. The summed E-state index contributed by atoms with van der Waals surface area (Å²) in [6, 6.07) is 9.77. The zero-order valence-electron chi connectivity index (χ0n) is 12.1. The molecule has 0 amide bonds. The molecule has 5 nitrogen and oxygen atoms in total. The van der Waals surface area contributed by atoms with Gasteiger partial charge in [0.2, 0.25) is 0 Å². The normalized spacial score (nSPS) is 39.2. The number of benzene rings is 1. The average molecular weight is 294 g/mol. The number of rotatable bonds is 4. The van der Waals surface area contributed by atoms with Gasteiger partial charge in [0.25, 0.3) is 0 Å². The first-order valence-electron chi connectivity index (χ1n) is 7.55. The molecule has 5 unspecified atom stereocenters. The second kappa shape index (κ2) is 6.02. The Morgan fingerprint density at radius 2 is 1.95 bits per heavy atom. The predicted molar refractivity (Wildman–Crippen MR) is 75.4 cm³/mol. The first-order valence-corrected chi connectivity index (χ1v) is 7.55. The first kappa shape index (κ1) is 14.9. The number of hydrogen-bond donors (Lipinski definition) is 2. The molecular formula is C16H22O5. The molecule has 2 fully saturated rings. The molecule has 116 valence electrons. The van der Waals surface area contributed by atoms with E-state index in [4.69, 9.17) is 14.2 Å². The first-order chi connectivity index (χ1) is 10.2. The van der Waals surface area contributed by atoms with Crippen LogP contribution >= 0.6 is 0 Å². The van der Waals surface area contributed by atoms with Gasteiger partial charge in [0.1, 0.15) is 18.3 Å². The van der Waals surface area contributed by atoms with Crippen molar-refractivity contribution in [3.05, 3.63) is 35.9 Å². The molecule has 0 aromatic heterocycles. The molecule has 5 heteroatoms. The number of unbranched alkanes of at least 4 members (excludes halogenated alkanes) is 1. The molecule has 3 rings (SSSR count). The number of aliphatic hydroxyl groups is 2. The Morgan fingerprint density at radius 3 is 2.67 bits per heavy atom. The maximum absolute atomic E-state index is 10.1. The van der Waals surface area contributed by atoms with Crippen molar-refractivity contribution in [3.8, 4) is 0 Å². The SMILES string of the molecule is CCCCC1(c2ccccc2)OC2COC(O)C(O)C2O1. The van der Waals surface area contributed by atoms with Crippen molar-refractivity contribution in [2.45, 2.75) is 56.6 Å². The average Bonchev–Trinajstić information content (AvgIpc) is 2.91. The molecule has 1 aromatic rings. The Bertz CT molecular complexity index is 465. The van der Waals surface area contributed by atoms with Crippen LogP contribution in [0.2, 0.25) is 0 Å². The lowest BCUT2D eigenvalue weighted by Gasteiger charge is -2.31. The van der Waals surface area contributed by atoms with Gasteiger partial charge >= 0.3 is 0 Å².